The van der Waals surface area contributed by atoms with E-state index in [1.807, 2.05) is 13.0 Å². The molecule has 1 heterocycles. The molecular formula is C8H13NO. The summed E-state index contributed by atoms with van der Waals surface area (Å²) in [6.45, 7) is 6.09. The first-order valence-electron chi connectivity index (χ1n) is 3.49. The summed E-state index contributed by atoms with van der Waals surface area (Å²) in [6.07, 6.45) is 1.75. The van der Waals surface area contributed by atoms with E-state index in [9.17, 15) is 0 Å². The second kappa shape index (κ2) is 2.37. The summed E-state index contributed by atoms with van der Waals surface area (Å²) in [7, 11) is 0. The third-order valence-corrected chi connectivity index (χ3v) is 1.67. The van der Waals surface area contributed by atoms with Crippen LogP contribution < -0.4 is 0 Å². The summed E-state index contributed by atoms with van der Waals surface area (Å²) in [4.78, 5) is 0. The zero-order chi connectivity index (χ0) is 7.72. The molecule has 56 valence electrons. The smallest absolute Gasteiger partial charge is 0.0539 e. The van der Waals surface area contributed by atoms with Crippen molar-refractivity contribution < 1.29 is 5.21 Å². The molecule has 10 heavy (non-hydrogen) atoms. The van der Waals surface area contributed by atoms with E-state index in [1.54, 1.807) is 6.20 Å². The predicted molar refractivity (Wildman–Crippen MR) is 40.4 cm³/mol. The van der Waals surface area contributed by atoms with Gasteiger partial charge < -0.3 is 5.21 Å². The molecule has 1 rings (SSSR count). The van der Waals surface area contributed by atoms with Crippen LogP contribution in [0.1, 0.15) is 31.0 Å². The first-order chi connectivity index (χ1) is 4.61. The molecule has 1 N–H and O–H groups in total. The van der Waals surface area contributed by atoms with E-state index in [4.69, 9.17) is 5.21 Å². The molecule has 0 unspecified atom stereocenters. The van der Waals surface area contributed by atoms with Gasteiger partial charge in [-0.25, -0.2) is 0 Å². The molecule has 0 aromatic carbocycles. The van der Waals surface area contributed by atoms with Crippen molar-refractivity contribution >= 4 is 0 Å². The molecule has 0 saturated carbocycles. The van der Waals surface area contributed by atoms with E-state index in [-0.39, 0.29) is 0 Å². The molecule has 2 nitrogen and oxygen atoms in total. The fraction of sp³-hybridized carbons (Fsp3) is 0.500. The Morgan fingerprint density at radius 2 is 2.10 bits per heavy atom. The van der Waals surface area contributed by atoms with E-state index < -0.39 is 0 Å². The van der Waals surface area contributed by atoms with Gasteiger partial charge in [-0.3, -0.25) is 0 Å². The lowest BCUT2D eigenvalue weighted by atomic mass is 10.1. The molecule has 0 fully saturated rings. The Bertz CT molecular complexity index is 206. The maximum absolute atomic E-state index is 9.11. The molecule has 0 saturated heterocycles. The topological polar surface area (TPSA) is 25.2 Å². The van der Waals surface area contributed by atoms with Crippen LogP contribution in [-0.4, -0.2) is 9.94 Å². The third kappa shape index (κ3) is 1.15. The van der Waals surface area contributed by atoms with Crippen molar-refractivity contribution in [2.24, 2.45) is 0 Å². The van der Waals surface area contributed by atoms with Crippen molar-refractivity contribution in [1.29, 1.82) is 0 Å². The lowest BCUT2D eigenvalue weighted by molar-refractivity contribution is 0.180. The van der Waals surface area contributed by atoms with Crippen LogP contribution in [0.3, 0.4) is 0 Å². The number of aromatic nitrogens is 1. The van der Waals surface area contributed by atoms with Gasteiger partial charge in [0.1, 0.15) is 0 Å². The van der Waals surface area contributed by atoms with Gasteiger partial charge in [0.15, 0.2) is 0 Å². The van der Waals surface area contributed by atoms with Crippen molar-refractivity contribution in [3.63, 3.8) is 0 Å². The average molecular weight is 139 g/mol. The third-order valence-electron chi connectivity index (χ3n) is 1.67. The average Bonchev–Trinajstić information content (AvgIpc) is 2.13. The van der Waals surface area contributed by atoms with Crippen molar-refractivity contribution in [3.05, 3.63) is 23.5 Å². The Morgan fingerprint density at radius 1 is 1.50 bits per heavy atom. The molecule has 1 aromatic heterocycles. The van der Waals surface area contributed by atoms with Gasteiger partial charge in [-0.2, -0.15) is 4.73 Å². The highest BCUT2D eigenvalue weighted by atomic mass is 16.5. The zero-order valence-electron chi connectivity index (χ0n) is 6.63. The van der Waals surface area contributed by atoms with Crippen LogP contribution in [0.5, 0.6) is 0 Å². The van der Waals surface area contributed by atoms with Crippen molar-refractivity contribution in [1.82, 2.24) is 4.73 Å². The summed E-state index contributed by atoms with van der Waals surface area (Å²) >= 11 is 0. The monoisotopic (exact) mass is 139 g/mol. The highest BCUT2D eigenvalue weighted by molar-refractivity contribution is 5.19. The van der Waals surface area contributed by atoms with Crippen LogP contribution in [-0.2, 0) is 0 Å². The molecule has 0 aliphatic carbocycles. The zero-order valence-corrected chi connectivity index (χ0v) is 6.63. The van der Waals surface area contributed by atoms with E-state index >= 15 is 0 Å². The molecule has 2 heteroatoms. The summed E-state index contributed by atoms with van der Waals surface area (Å²) in [5.74, 6) is 0.493. The normalized spacial score (nSPS) is 10.8. The standard InChI is InChI=1S/C8H13NO/c1-6(2)8-4-7(3)9(10)5-8/h4-6,10H,1-3H3. The van der Waals surface area contributed by atoms with Gasteiger partial charge >= 0.3 is 0 Å². The maximum atomic E-state index is 9.11. The van der Waals surface area contributed by atoms with Gasteiger partial charge in [0.25, 0.3) is 0 Å². The molecule has 0 spiro atoms. The SMILES string of the molecule is Cc1cc(C(C)C)cn1O. The lowest BCUT2D eigenvalue weighted by Gasteiger charge is -1.96. The van der Waals surface area contributed by atoms with Crippen LogP contribution in [0.25, 0.3) is 0 Å². The largest absolute Gasteiger partial charge is 0.429 e. The van der Waals surface area contributed by atoms with Crippen molar-refractivity contribution in [3.8, 4) is 0 Å². The van der Waals surface area contributed by atoms with Crippen molar-refractivity contribution in [2.75, 3.05) is 0 Å². The number of rotatable bonds is 1. The van der Waals surface area contributed by atoms with Gasteiger partial charge in [0.05, 0.1) is 5.69 Å². The summed E-state index contributed by atoms with van der Waals surface area (Å²) in [5, 5.41) is 9.11. The first-order valence-corrected chi connectivity index (χ1v) is 3.49. The fourth-order valence-corrected chi connectivity index (χ4v) is 0.903. The minimum absolute atomic E-state index is 0.493. The van der Waals surface area contributed by atoms with Crippen LogP contribution in [0, 0.1) is 6.92 Å². The minimum atomic E-state index is 0.493. The molecule has 0 amide bonds. The highest BCUT2D eigenvalue weighted by Gasteiger charge is 2.03. The Kier molecular flexibility index (Phi) is 1.70. The first kappa shape index (κ1) is 7.19. The van der Waals surface area contributed by atoms with Gasteiger partial charge in [0, 0.05) is 6.20 Å². The number of hydrogen-bond acceptors (Lipinski definition) is 1. The van der Waals surface area contributed by atoms with Crippen LogP contribution in [0.15, 0.2) is 12.3 Å². The Balaban J connectivity index is 2.98. The summed E-state index contributed by atoms with van der Waals surface area (Å²) in [5.41, 5.74) is 2.07. The lowest BCUT2D eigenvalue weighted by Crippen LogP contribution is -1.88. The predicted octanol–water partition coefficient (Wildman–Crippen LogP) is 2.16. The molecule has 0 bridgehead atoms. The summed E-state index contributed by atoms with van der Waals surface area (Å²) < 4.78 is 1.16. The minimum Gasteiger partial charge on any atom is -0.429 e. The summed E-state index contributed by atoms with van der Waals surface area (Å²) in [6, 6.07) is 1.99. The molecular weight excluding hydrogens is 126 g/mol. The number of aryl methyl sites for hydroxylation is 1. The van der Waals surface area contributed by atoms with Gasteiger partial charge in [0.2, 0.25) is 0 Å². The van der Waals surface area contributed by atoms with Crippen molar-refractivity contribution in [2.45, 2.75) is 26.7 Å². The van der Waals surface area contributed by atoms with E-state index in [2.05, 4.69) is 13.8 Å². The highest BCUT2D eigenvalue weighted by Crippen LogP contribution is 2.15. The van der Waals surface area contributed by atoms with Gasteiger partial charge in [-0.1, -0.05) is 13.8 Å². The van der Waals surface area contributed by atoms with E-state index in [0.717, 1.165) is 10.4 Å². The van der Waals surface area contributed by atoms with E-state index in [0.29, 0.717) is 5.92 Å². The Morgan fingerprint density at radius 3 is 2.30 bits per heavy atom. The Labute approximate surface area is 61.1 Å². The van der Waals surface area contributed by atoms with Crippen LogP contribution in [0.2, 0.25) is 0 Å². The molecule has 0 aliphatic heterocycles. The maximum Gasteiger partial charge on any atom is 0.0539 e. The Hall–Kier alpha value is -0.920. The number of nitrogens with zero attached hydrogens (tertiary/aromatic N) is 1. The second-order valence-electron chi connectivity index (χ2n) is 2.91. The fourth-order valence-electron chi connectivity index (χ4n) is 0.903. The number of hydrogen-bond donors (Lipinski definition) is 1. The second-order valence-corrected chi connectivity index (χ2v) is 2.91. The van der Waals surface area contributed by atoms with Gasteiger partial charge in [-0.05, 0) is 24.5 Å². The van der Waals surface area contributed by atoms with E-state index in [1.165, 1.54) is 5.56 Å². The molecule has 0 radical (unpaired) electrons. The van der Waals surface area contributed by atoms with Crippen LogP contribution in [0.4, 0.5) is 0 Å². The molecule has 1 aromatic rings. The molecule has 0 aliphatic rings. The molecule has 0 atom stereocenters. The quantitative estimate of drug-likeness (QED) is 0.592. The van der Waals surface area contributed by atoms with Gasteiger partial charge in [-0.15, -0.1) is 0 Å². The van der Waals surface area contributed by atoms with Crippen LogP contribution >= 0.6 is 0 Å².